The van der Waals surface area contributed by atoms with Gasteiger partial charge in [0.1, 0.15) is 0 Å². The second-order valence-corrected chi connectivity index (χ2v) is 6.26. The quantitative estimate of drug-likeness (QED) is 0.754. The summed E-state index contributed by atoms with van der Waals surface area (Å²) in [5.41, 5.74) is 5.56. The summed E-state index contributed by atoms with van der Waals surface area (Å²) in [5, 5.41) is 3.05. The number of nitrogens with zero attached hydrogens (tertiary/aromatic N) is 2. The van der Waals surface area contributed by atoms with E-state index in [2.05, 4.69) is 29.1 Å². The Morgan fingerprint density at radius 3 is 2.42 bits per heavy atom. The number of carbonyl (C=O) groups excluding carboxylic acids is 1. The minimum atomic E-state index is -0.595. The van der Waals surface area contributed by atoms with Crippen LogP contribution in [0, 0.1) is 0 Å². The van der Waals surface area contributed by atoms with Gasteiger partial charge in [-0.05, 0) is 26.8 Å². The van der Waals surface area contributed by atoms with Gasteiger partial charge in [0.15, 0.2) is 0 Å². The highest BCUT2D eigenvalue weighted by Crippen LogP contribution is 2.27. The monoisotopic (exact) mass is 268 g/mol. The molecule has 0 aromatic heterocycles. The first-order valence-electron chi connectivity index (χ1n) is 7.51. The molecule has 5 nitrogen and oxygen atoms in total. The van der Waals surface area contributed by atoms with Crippen molar-refractivity contribution in [1.29, 1.82) is 0 Å². The Morgan fingerprint density at radius 1 is 1.26 bits per heavy atom. The Hall–Kier alpha value is -0.650. The predicted molar refractivity (Wildman–Crippen MR) is 76.9 cm³/mol. The normalized spacial score (nSPS) is 26.3. The largest absolute Gasteiger partial charge is 0.353 e. The molecule has 1 unspecified atom stereocenters. The zero-order valence-corrected chi connectivity index (χ0v) is 12.3. The van der Waals surface area contributed by atoms with Gasteiger partial charge in [0.25, 0.3) is 0 Å². The van der Waals surface area contributed by atoms with Crippen molar-refractivity contribution in [3.05, 3.63) is 0 Å². The fourth-order valence-electron chi connectivity index (χ4n) is 3.04. The van der Waals surface area contributed by atoms with E-state index in [-0.39, 0.29) is 5.91 Å². The lowest BCUT2D eigenvalue weighted by atomic mass is 9.98. The van der Waals surface area contributed by atoms with E-state index in [1.54, 1.807) is 0 Å². The number of amides is 1. The van der Waals surface area contributed by atoms with Crippen LogP contribution >= 0.6 is 0 Å². The van der Waals surface area contributed by atoms with Crippen molar-refractivity contribution in [3.8, 4) is 0 Å². The first kappa shape index (κ1) is 14.8. The lowest BCUT2D eigenvalue weighted by molar-refractivity contribution is -0.126. The van der Waals surface area contributed by atoms with Crippen molar-refractivity contribution in [2.75, 3.05) is 39.8 Å². The van der Waals surface area contributed by atoms with Crippen molar-refractivity contribution >= 4 is 5.91 Å². The van der Waals surface area contributed by atoms with Gasteiger partial charge < -0.3 is 16.0 Å². The summed E-state index contributed by atoms with van der Waals surface area (Å²) in [6.45, 7) is 7.28. The molecule has 0 bridgehead atoms. The van der Waals surface area contributed by atoms with Gasteiger partial charge >= 0.3 is 0 Å². The molecule has 19 heavy (non-hydrogen) atoms. The van der Waals surface area contributed by atoms with Gasteiger partial charge in [0.2, 0.25) is 5.91 Å². The van der Waals surface area contributed by atoms with Crippen LogP contribution in [0.3, 0.4) is 0 Å². The molecule has 1 heterocycles. The third kappa shape index (κ3) is 3.68. The molecular formula is C14H28N4O. The maximum absolute atomic E-state index is 12.1. The van der Waals surface area contributed by atoms with E-state index < -0.39 is 5.54 Å². The molecule has 5 heteroatoms. The van der Waals surface area contributed by atoms with Crippen LogP contribution in [0.5, 0.6) is 0 Å². The average Bonchev–Trinajstić information content (AvgIpc) is 2.84. The summed E-state index contributed by atoms with van der Waals surface area (Å²) >= 11 is 0. The molecule has 1 aliphatic heterocycles. The van der Waals surface area contributed by atoms with E-state index >= 15 is 0 Å². The third-order valence-corrected chi connectivity index (χ3v) is 4.67. The number of nitrogens with one attached hydrogen (secondary N) is 1. The van der Waals surface area contributed by atoms with Gasteiger partial charge in [-0.1, -0.05) is 12.8 Å². The maximum Gasteiger partial charge on any atom is 0.240 e. The number of carbonyl (C=O) groups is 1. The maximum atomic E-state index is 12.1. The lowest BCUT2D eigenvalue weighted by Crippen LogP contribution is -2.56. The molecule has 1 atom stereocenters. The van der Waals surface area contributed by atoms with E-state index in [1.807, 2.05) is 0 Å². The molecule has 2 rings (SSSR count). The molecule has 3 N–H and O–H groups in total. The molecular weight excluding hydrogens is 240 g/mol. The Bertz CT molecular complexity index is 307. The third-order valence-electron chi connectivity index (χ3n) is 4.67. The molecule has 2 aliphatic rings. The minimum Gasteiger partial charge on any atom is -0.353 e. The van der Waals surface area contributed by atoms with Gasteiger partial charge in [0, 0.05) is 38.8 Å². The highest BCUT2D eigenvalue weighted by molar-refractivity contribution is 5.86. The minimum absolute atomic E-state index is 0.0472. The van der Waals surface area contributed by atoms with Crippen molar-refractivity contribution in [2.24, 2.45) is 5.73 Å². The molecule has 110 valence electrons. The second-order valence-electron chi connectivity index (χ2n) is 6.26. The highest BCUT2D eigenvalue weighted by Gasteiger charge is 2.37. The number of hydrogen-bond donors (Lipinski definition) is 2. The van der Waals surface area contributed by atoms with Crippen LogP contribution in [0.25, 0.3) is 0 Å². The van der Waals surface area contributed by atoms with Gasteiger partial charge in [-0.3, -0.25) is 9.69 Å². The second kappa shape index (κ2) is 6.20. The summed E-state index contributed by atoms with van der Waals surface area (Å²) in [7, 11) is 2.15. The fourth-order valence-corrected chi connectivity index (χ4v) is 3.04. The Labute approximate surface area is 116 Å². The number of likely N-dealkylation sites (N-methyl/N-ethyl adjacent to an activating group) is 1. The summed E-state index contributed by atoms with van der Waals surface area (Å²) in [6.07, 6.45) is 3.83. The molecule has 2 fully saturated rings. The Morgan fingerprint density at radius 2 is 1.84 bits per heavy atom. The number of nitrogens with two attached hydrogens (primary N) is 1. The van der Waals surface area contributed by atoms with Crippen molar-refractivity contribution in [2.45, 2.75) is 44.2 Å². The summed E-state index contributed by atoms with van der Waals surface area (Å²) in [5.74, 6) is 0.0472. The molecule has 0 radical (unpaired) electrons. The molecule has 0 aromatic rings. The summed E-state index contributed by atoms with van der Waals surface area (Å²) in [4.78, 5) is 16.9. The van der Waals surface area contributed by atoms with Crippen LogP contribution in [-0.4, -0.2) is 67.1 Å². The van der Waals surface area contributed by atoms with Gasteiger partial charge in [0.05, 0.1) is 5.54 Å². The van der Waals surface area contributed by atoms with Crippen LogP contribution in [0.2, 0.25) is 0 Å². The van der Waals surface area contributed by atoms with Gasteiger partial charge in [-0.25, -0.2) is 0 Å². The van der Waals surface area contributed by atoms with Crippen LogP contribution in [0.4, 0.5) is 0 Å². The molecule has 1 saturated carbocycles. The van der Waals surface area contributed by atoms with Crippen LogP contribution in [0.1, 0.15) is 32.6 Å². The fraction of sp³-hybridized carbons (Fsp3) is 0.929. The smallest absolute Gasteiger partial charge is 0.240 e. The van der Waals surface area contributed by atoms with Crippen LogP contribution in [0.15, 0.2) is 0 Å². The van der Waals surface area contributed by atoms with Crippen molar-refractivity contribution in [3.63, 3.8) is 0 Å². The standard InChI is InChI=1S/C14H28N4O/c1-12(18-9-7-17(2)8-10-18)11-16-13(19)14(15)5-3-4-6-14/h12H,3-11,15H2,1-2H3,(H,16,19). The number of rotatable bonds is 4. The highest BCUT2D eigenvalue weighted by atomic mass is 16.2. The van der Waals surface area contributed by atoms with Crippen molar-refractivity contribution < 1.29 is 4.79 Å². The van der Waals surface area contributed by atoms with E-state index in [1.165, 1.54) is 0 Å². The summed E-state index contributed by atoms with van der Waals surface area (Å²) < 4.78 is 0. The molecule has 1 amide bonds. The van der Waals surface area contributed by atoms with E-state index in [4.69, 9.17) is 5.73 Å². The van der Waals surface area contributed by atoms with E-state index in [0.717, 1.165) is 51.9 Å². The molecule has 1 saturated heterocycles. The number of hydrogen-bond acceptors (Lipinski definition) is 4. The summed E-state index contributed by atoms with van der Waals surface area (Å²) in [6, 6.07) is 0.391. The first-order valence-corrected chi connectivity index (χ1v) is 7.51. The van der Waals surface area contributed by atoms with Gasteiger partial charge in [-0.2, -0.15) is 0 Å². The first-order chi connectivity index (χ1) is 9.01. The number of piperazine rings is 1. The van der Waals surface area contributed by atoms with E-state index in [0.29, 0.717) is 12.6 Å². The SMILES string of the molecule is CC(CNC(=O)C1(N)CCCC1)N1CCN(C)CC1. The van der Waals surface area contributed by atoms with Crippen LogP contribution < -0.4 is 11.1 Å². The van der Waals surface area contributed by atoms with Crippen LogP contribution in [-0.2, 0) is 4.79 Å². The average molecular weight is 268 g/mol. The lowest BCUT2D eigenvalue weighted by Gasteiger charge is -2.36. The Balaban J connectivity index is 1.74. The zero-order chi connectivity index (χ0) is 13.9. The zero-order valence-electron chi connectivity index (χ0n) is 12.3. The Kier molecular flexibility index (Phi) is 4.81. The molecule has 0 aromatic carbocycles. The predicted octanol–water partition coefficient (Wildman–Crippen LogP) is 0.0100. The van der Waals surface area contributed by atoms with Crippen molar-refractivity contribution in [1.82, 2.24) is 15.1 Å². The van der Waals surface area contributed by atoms with Gasteiger partial charge in [-0.15, -0.1) is 0 Å². The molecule has 0 spiro atoms. The molecule has 1 aliphatic carbocycles. The topological polar surface area (TPSA) is 61.6 Å². The van der Waals surface area contributed by atoms with E-state index in [9.17, 15) is 4.79 Å².